The van der Waals surface area contributed by atoms with Crippen LogP contribution in [0.2, 0.25) is 0 Å². The first-order valence-corrected chi connectivity index (χ1v) is 7.69. The molecule has 1 aromatic carbocycles. The standard InChI is InChI=1S/C12H14N4S2/c13-14-12-16-15-11(18-12)7-17-10-5-4-8-2-1-3-9(8)6-10/h4-6H,1-3,7,13H2,(H,14,16). The van der Waals surface area contributed by atoms with Gasteiger partial charge in [0.05, 0.1) is 5.75 Å². The van der Waals surface area contributed by atoms with Crippen LogP contribution in [0.5, 0.6) is 0 Å². The van der Waals surface area contributed by atoms with E-state index in [1.165, 1.54) is 46.6 Å². The van der Waals surface area contributed by atoms with Crippen molar-refractivity contribution in [3.8, 4) is 0 Å². The highest BCUT2D eigenvalue weighted by Crippen LogP contribution is 2.30. The molecule has 0 spiro atoms. The lowest BCUT2D eigenvalue weighted by atomic mass is 10.1. The Kier molecular flexibility index (Phi) is 3.49. The monoisotopic (exact) mass is 278 g/mol. The Balaban J connectivity index is 1.66. The molecule has 4 nitrogen and oxygen atoms in total. The third-order valence-corrected chi connectivity index (χ3v) is 5.06. The Morgan fingerprint density at radius 2 is 2.17 bits per heavy atom. The molecular formula is C12H14N4S2. The lowest BCUT2D eigenvalue weighted by molar-refractivity contribution is 0.911. The maximum absolute atomic E-state index is 5.28. The maximum atomic E-state index is 5.28. The number of hydrazine groups is 1. The molecule has 3 N–H and O–H groups in total. The molecular weight excluding hydrogens is 264 g/mol. The molecule has 1 aliphatic rings. The highest BCUT2D eigenvalue weighted by molar-refractivity contribution is 7.98. The van der Waals surface area contributed by atoms with Gasteiger partial charge in [0.25, 0.3) is 0 Å². The number of aromatic nitrogens is 2. The molecule has 2 aromatic rings. The normalized spacial score (nSPS) is 13.6. The van der Waals surface area contributed by atoms with Gasteiger partial charge in [-0.2, -0.15) is 0 Å². The number of fused-ring (bicyclic) bond motifs is 1. The number of nitrogens with two attached hydrogens (primary N) is 1. The molecule has 0 saturated carbocycles. The summed E-state index contributed by atoms with van der Waals surface area (Å²) >= 11 is 3.30. The van der Waals surface area contributed by atoms with Crippen molar-refractivity contribution in [2.45, 2.75) is 29.9 Å². The fourth-order valence-electron chi connectivity index (χ4n) is 2.15. The molecule has 1 heterocycles. The molecule has 6 heteroatoms. The first-order chi connectivity index (χ1) is 8.85. The van der Waals surface area contributed by atoms with Crippen LogP contribution in [0.3, 0.4) is 0 Å². The van der Waals surface area contributed by atoms with Crippen LogP contribution in [0.4, 0.5) is 5.13 Å². The van der Waals surface area contributed by atoms with Crippen molar-refractivity contribution in [2.24, 2.45) is 5.84 Å². The minimum atomic E-state index is 0.666. The maximum Gasteiger partial charge on any atom is 0.219 e. The van der Waals surface area contributed by atoms with Crippen molar-refractivity contribution >= 4 is 28.2 Å². The van der Waals surface area contributed by atoms with Crippen LogP contribution in [-0.4, -0.2) is 10.2 Å². The summed E-state index contributed by atoms with van der Waals surface area (Å²) in [6.07, 6.45) is 3.76. The Labute approximate surface area is 114 Å². The summed E-state index contributed by atoms with van der Waals surface area (Å²) in [5, 5.41) is 9.66. The predicted octanol–water partition coefficient (Wildman–Crippen LogP) is 2.60. The number of aryl methyl sites for hydroxylation is 2. The van der Waals surface area contributed by atoms with E-state index in [-0.39, 0.29) is 0 Å². The molecule has 0 fully saturated rings. The van der Waals surface area contributed by atoms with E-state index in [1.807, 2.05) is 0 Å². The van der Waals surface area contributed by atoms with Crippen LogP contribution in [0, 0.1) is 0 Å². The van der Waals surface area contributed by atoms with E-state index in [9.17, 15) is 0 Å². The second-order valence-electron chi connectivity index (χ2n) is 4.22. The smallest absolute Gasteiger partial charge is 0.219 e. The number of rotatable bonds is 4. The summed E-state index contributed by atoms with van der Waals surface area (Å²) in [5.74, 6) is 6.13. The van der Waals surface area contributed by atoms with Crippen LogP contribution in [-0.2, 0) is 18.6 Å². The zero-order valence-electron chi connectivity index (χ0n) is 9.85. The van der Waals surface area contributed by atoms with Gasteiger partial charge in [0.1, 0.15) is 5.01 Å². The van der Waals surface area contributed by atoms with E-state index >= 15 is 0 Å². The third kappa shape index (κ3) is 2.50. The van der Waals surface area contributed by atoms with E-state index in [4.69, 9.17) is 5.84 Å². The molecule has 18 heavy (non-hydrogen) atoms. The predicted molar refractivity (Wildman–Crippen MR) is 75.7 cm³/mol. The number of anilines is 1. The molecule has 0 saturated heterocycles. The number of nitrogen functional groups attached to an aromatic ring is 1. The quantitative estimate of drug-likeness (QED) is 0.511. The summed E-state index contributed by atoms with van der Waals surface area (Å²) in [4.78, 5) is 1.31. The van der Waals surface area contributed by atoms with Crippen LogP contribution < -0.4 is 11.3 Å². The van der Waals surface area contributed by atoms with E-state index in [0.29, 0.717) is 5.13 Å². The van der Waals surface area contributed by atoms with Crippen molar-refractivity contribution in [1.82, 2.24) is 10.2 Å². The third-order valence-electron chi connectivity index (χ3n) is 3.02. The summed E-state index contributed by atoms with van der Waals surface area (Å²) in [7, 11) is 0. The van der Waals surface area contributed by atoms with Gasteiger partial charge in [-0.05, 0) is 42.5 Å². The Hall–Kier alpha value is -1.11. The van der Waals surface area contributed by atoms with Crippen LogP contribution in [0.1, 0.15) is 22.6 Å². The van der Waals surface area contributed by atoms with Gasteiger partial charge in [0.2, 0.25) is 5.13 Å². The highest BCUT2D eigenvalue weighted by atomic mass is 32.2. The summed E-state index contributed by atoms with van der Waals surface area (Å²) in [6, 6.07) is 6.78. The van der Waals surface area contributed by atoms with Gasteiger partial charge >= 0.3 is 0 Å². The minimum Gasteiger partial charge on any atom is -0.298 e. The highest BCUT2D eigenvalue weighted by Gasteiger charge is 2.11. The SMILES string of the molecule is NNc1nnc(CSc2ccc3c(c2)CCC3)s1. The van der Waals surface area contributed by atoms with Gasteiger partial charge in [-0.25, -0.2) is 5.84 Å². The van der Waals surface area contributed by atoms with Crippen molar-refractivity contribution in [3.63, 3.8) is 0 Å². The average Bonchev–Trinajstić information content (AvgIpc) is 3.04. The fraction of sp³-hybridized carbons (Fsp3) is 0.333. The molecule has 0 amide bonds. The molecule has 0 aliphatic heterocycles. The molecule has 1 aromatic heterocycles. The largest absolute Gasteiger partial charge is 0.298 e. The van der Waals surface area contributed by atoms with E-state index in [0.717, 1.165) is 10.8 Å². The van der Waals surface area contributed by atoms with Crippen molar-refractivity contribution in [1.29, 1.82) is 0 Å². The Morgan fingerprint density at radius 3 is 3.00 bits per heavy atom. The summed E-state index contributed by atoms with van der Waals surface area (Å²) in [5.41, 5.74) is 5.55. The number of thioether (sulfide) groups is 1. The topological polar surface area (TPSA) is 63.8 Å². The average molecular weight is 278 g/mol. The minimum absolute atomic E-state index is 0.666. The van der Waals surface area contributed by atoms with Crippen LogP contribution in [0.15, 0.2) is 23.1 Å². The van der Waals surface area contributed by atoms with Crippen molar-refractivity contribution in [2.75, 3.05) is 5.43 Å². The fourth-order valence-corrected chi connectivity index (χ4v) is 3.75. The molecule has 1 aliphatic carbocycles. The second kappa shape index (κ2) is 5.26. The van der Waals surface area contributed by atoms with E-state index < -0.39 is 0 Å². The molecule has 3 rings (SSSR count). The Morgan fingerprint density at radius 1 is 1.28 bits per heavy atom. The van der Waals surface area contributed by atoms with Crippen molar-refractivity contribution < 1.29 is 0 Å². The number of nitrogens with one attached hydrogen (secondary N) is 1. The second-order valence-corrected chi connectivity index (χ2v) is 6.33. The van der Waals surface area contributed by atoms with Crippen LogP contribution in [0.25, 0.3) is 0 Å². The number of hydrogen-bond donors (Lipinski definition) is 2. The van der Waals surface area contributed by atoms with Gasteiger partial charge in [0.15, 0.2) is 0 Å². The molecule has 0 unspecified atom stereocenters. The number of hydrogen-bond acceptors (Lipinski definition) is 6. The lowest BCUT2D eigenvalue weighted by Gasteiger charge is -2.03. The summed E-state index contributed by atoms with van der Waals surface area (Å²) in [6.45, 7) is 0. The molecule has 0 atom stereocenters. The number of nitrogens with zero attached hydrogens (tertiary/aromatic N) is 2. The first-order valence-electron chi connectivity index (χ1n) is 5.89. The Bertz CT molecular complexity index is 553. The van der Waals surface area contributed by atoms with Gasteiger partial charge in [-0.1, -0.05) is 17.4 Å². The van der Waals surface area contributed by atoms with E-state index in [1.54, 1.807) is 11.8 Å². The number of benzene rings is 1. The van der Waals surface area contributed by atoms with Gasteiger partial charge in [-0.3, -0.25) is 5.43 Å². The van der Waals surface area contributed by atoms with Gasteiger partial charge in [0, 0.05) is 4.90 Å². The molecule has 0 bridgehead atoms. The van der Waals surface area contributed by atoms with Crippen LogP contribution >= 0.6 is 23.1 Å². The first kappa shape index (κ1) is 12.0. The molecule has 0 radical (unpaired) electrons. The lowest BCUT2D eigenvalue weighted by Crippen LogP contribution is -2.05. The zero-order chi connectivity index (χ0) is 12.4. The summed E-state index contributed by atoms with van der Waals surface area (Å²) < 4.78 is 0. The van der Waals surface area contributed by atoms with E-state index in [2.05, 4.69) is 33.8 Å². The van der Waals surface area contributed by atoms with Crippen molar-refractivity contribution in [3.05, 3.63) is 34.3 Å². The van der Waals surface area contributed by atoms with Gasteiger partial charge < -0.3 is 0 Å². The zero-order valence-corrected chi connectivity index (χ0v) is 11.5. The van der Waals surface area contributed by atoms with Gasteiger partial charge in [-0.15, -0.1) is 22.0 Å². The molecule has 94 valence electrons.